The normalized spacial score (nSPS) is 13.1. The average Bonchev–Trinajstić information content (AvgIpc) is 3.00. The second kappa shape index (κ2) is 6.06. The van der Waals surface area contributed by atoms with Crippen molar-refractivity contribution in [2.24, 2.45) is 5.73 Å². The molecule has 1 unspecified atom stereocenters. The number of nitrogens with zero attached hydrogens (tertiary/aromatic N) is 3. The van der Waals surface area contributed by atoms with Crippen molar-refractivity contribution in [3.8, 4) is 0 Å². The molecule has 0 saturated carbocycles. The molecule has 0 saturated heterocycles. The summed E-state index contributed by atoms with van der Waals surface area (Å²) in [5.74, 6) is 0. The molecule has 0 fully saturated rings. The van der Waals surface area contributed by atoms with Gasteiger partial charge in [0, 0.05) is 36.6 Å². The molecule has 4 nitrogen and oxygen atoms in total. The minimum atomic E-state index is 0.238. The molecule has 2 aromatic heterocycles. The summed E-state index contributed by atoms with van der Waals surface area (Å²) in [6.45, 7) is 7.22. The summed E-state index contributed by atoms with van der Waals surface area (Å²) >= 11 is 0. The molecule has 0 aliphatic carbocycles. The van der Waals surface area contributed by atoms with Gasteiger partial charge in [-0.3, -0.25) is 4.68 Å². The van der Waals surface area contributed by atoms with Crippen LogP contribution in [-0.2, 0) is 13.0 Å². The number of hydrogen-bond donors (Lipinski definition) is 1. The van der Waals surface area contributed by atoms with Crippen molar-refractivity contribution in [1.29, 1.82) is 0 Å². The zero-order valence-corrected chi connectivity index (χ0v) is 12.1. The van der Waals surface area contributed by atoms with Gasteiger partial charge < -0.3 is 10.3 Å². The van der Waals surface area contributed by atoms with E-state index in [-0.39, 0.29) is 6.04 Å². The molecule has 0 aliphatic heterocycles. The Morgan fingerprint density at radius 3 is 2.68 bits per heavy atom. The van der Waals surface area contributed by atoms with Crippen LogP contribution < -0.4 is 5.73 Å². The number of rotatable bonds is 6. The largest absolute Gasteiger partial charge is 0.345 e. The van der Waals surface area contributed by atoms with Crippen LogP contribution in [0.2, 0.25) is 0 Å². The number of aromatic nitrogens is 3. The van der Waals surface area contributed by atoms with E-state index < -0.39 is 0 Å². The van der Waals surface area contributed by atoms with Gasteiger partial charge in [0.2, 0.25) is 0 Å². The lowest BCUT2D eigenvalue weighted by atomic mass is 10.1. The van der Waals surface area contributed by atoms with Gasteiger partial charge in [0.25, 0.3) is 0 Å². The van der Waals surface area contributed by atoms with Gasteiger partial charge in [-0.05, 0) is 38.5 Å². The predicted molar refractivity (Wildman–Crippen MR) is 78.1 cm³/mol. The Morgan fingerprint density at radius 2 is 2.05 bits per heavy atom. The van der Waals surface area contributed by atoms with E-state index in [4.69, 9.17) is 5.73 Å². The molecule has 0 aliphatic rings. The highest BCUT2D eigenvalue weighted by atomic mass is 15.3. The highest BCUT2D eigenvalue weighted by Gasteiger charge is 2.08. The highest BCUT2D eigenvalue weighted by Crippen LogP contribution is 2.11. The minimum Gasteiger partial charge on any atom is -0.345 e. The third-order valence-corrected chi connectivity index (χ3v) is 3.44. The Morgan fingerprint density at radius 1 is 1.26 bits per heavy atom. The van der Waals surface area contributed by atoms with Gasteiger partial charge in [-0.2, -0.15) is 5.10 Å². The zero-order valence-electron chi connectivity index (χ0n) is 12.1. The van der Waals surface area contributed by atoms with E-state index in [1.165, 1.54) is 5.69 Å². The number of nitrogens with two attached hydrogens (primary N) is 1. The van der Waals surface area contributed by atoms with E-state index in [1.807, 2.05) is 10.9 Å². The molecule has 104 valence electrons. The first-order valence-electron chi connectivity index (χ1n) is 7.03. The average molecular weight is 260 g/mol. The zero-order chi connectivity index (χ0) is 13.8. The van der Waals surface area contributed by atoms with Crippen LogP contribution in [0.1, 0.15) is 44.6 Å². The van der Waals surface area contributed by atoms with Gasteiger partial charge in [-0.15, -0.1) is 0 Å². The first-order chi connectivity index (χ1) is 9.10. The fraction of sp³-hybridized carbons (Fsp3) is 0.533. The lowest BCUT2D eigenvalue weighted by Gasteiger charge is -2.12. The Kier molecular flexibility index (Phi) is 4.43. The second-order valence-electron chi connectivity index (χ2n) is 5.38. The van der Waals surface area contributed by atoms with Crippen LogP contribution in [0, 0.1) is 0 Å². The van der Waals surface area contributed by atoms with Crippen molar-refractivity contribution < 1.29 is 0 Å². The van der Waals surface area contributed by atoms with Crippen molar-refractivity contribution in [3.05, 3.63) is 42.0 Å². The molecule has 0 bridgehead atoms. The molecule has 0 amide bonds. The molecule has 2 rings (SSSR count). The van der Waals surface area contributed by atoms with Crippen LogP contribution in [0.25, 0.3) is 0 Å². The fourth-order valence-electron chi connectivity index (χ4n) is 2.13. The molecule has 0 spiro atoms. The molecule has 19 heavy (non-hydrogen) atoms. The van der Waals surface area contributed by atoms with Gasteiger partial charge in [-0.1, -0.05) is 6.92 Å². The lowest BCUT2D eigenvalue weighted by Crippen LogP contribution is -2.23. The summed E-state index contributed by atoms with van der Waals surface area (Å²) in [5, 5.41) is 4.59. The van der Waals surface area contributed by atoms with E-state index >= 15 is 0 Å². The molecule has 0 radical (unpaired) electrons. The van der Waals surface area contributed by atoms with Gasteiger partial charge in [0.1, 0.15) is 0 Å². The van der Waals surface area contributed by atoms with E-state index in [1.54, 1.807) is 0 Å². The first kappa shape index (κ1) is 13.9. The van der Waals surface area contributed by atoms with Crippen molar-refractivity contribution in [2.45, 2.75) is 52.2 Å². The van der Waals surface area contributed by atoms with Crippen LogP contribution in [0.15, 0.2) is 30.6 Å². The molecule has 2 N–H and O–H groups in total. The van der Waals surface area contributed by atoms with Gasteiger partial charge >= 0.3 is 0 Å². The van der Waals surface area contributed by atoms with Crippen LogP contribution in [0.4, 0.5) is 0 Å². The highest BCUT2D eigenvalue weighted by molar-refractivity contribution is 5.12. The summed E-state index contributed by atoms with van der Waals surface area (Å²) < 4.78 is 4.23. The monoisotopic (exact) mass is 260 g/mol. The van der Waals surface area contributed by atoms with Crippen LogP contribution in [0.3, 0.4) is 0 Å². The van der Waals surface area contributed by atoms with Crippen molar-refractivity contribution in [2.75, 3.05) is 0 Å². The Bertz CT molecular complexity index is 510. The van der Waals surface area contributed by atoms with E-state index in [0.29, 0.717) is 6.04 Å². The fourth-order valence-corrected chi connectivity index (χ4v) is 2.13. The maximum absolute atomic E-state index is 6.04. The van der Waals surface area contributed by atoms with Crippen LogP contribution >= 0.6 is 0 Å². The summed E-state index contributed by atoms with van der Waals surface area (Å²) in [5.41, 5.74) is 8.42. The Hall–Kier alpha value is -1.55. The SMILES string of the molecule is CCC(N)Cc1cccn1Cc1ccn(C(C)C)n1. The van der Waals surface area contributed by atoms with Gasteiger partial charge in [-0.25, -0.2) is 0 Å². The standard InChI is InChI=1S/C15H24N4/c1-4-13(16)10-15-6-5-8-18(15)11-14-7-9-19(17-14)12(2)3/h5-9,12-13H,4,10-11,16H2,1-3H3. The van der Waals surface area contributed by atoms with Crippen molar-refractivity contribution in [1.82, 2.24) is 14.3 Å². The lowest BCUT2D eigenvalue weighted by molar-refractivity contribution is 0.522. The molecule has 1 atom stereocenters. The summed E-state index contributed by atoms with van der Waals surface area (Å²) in [6.07, 6.45) is 6.08. The quantitative estimate of drug-likeness (QED) is 0.868. The summed E-state index contributed by atoms with van der Waals surface area (Å²) in [7, 11) is 0. The number of hydrogen-bond acceptors (Lipinski definition) is 2. The third-order valence-electron chi connectivity index (χ3n) is 3.44. The van der Waals surface area contributed by atoms with Crippen molar-refractivity contribution >= 4 is 0 Å². The minimum absolute atomic E-state index is 0.238. The maximum atomic E-state index is 6.04. The predicted octanol–water partition coefficient (Wildman–Crippen LogP) is 2.59. The van der Waals surface area contributed by atoms with Crippen LogP contribution in [0.5, 0.6) is 0 Å². The summed E-state index contributed by atoms with van der Waals surface area (Å²) in [4.78, 5) is 0. The second-order valence-corrected chi connectivity index (χ2v) is 5.38. The van der Waals surface area contributed by atoms with Gasteiger partial charge in [0.05, 0.1) is 12.2 Å². The molecule has 2 heterocycles. The smallest absolute Gasteiger partial charge is 0.0821 e. The molecular weight excluding hydrogens is 236 g/mol. The topological polar surface area (TPSA) is 48.8 Å². The molecule has 4 heteroatoms. The Labute approximate surface area is 115 Å². The van der Waals surface area contributed by atoms with E-state index in [2.05, 4.69) is 54.8 Å². The van der Waals surface area contributed by atoms with E-state index in [0.717, 1.165) is 25.1 Å². The first-order valence-corrected chi connectivity index (χ1v) is 7.03. The maximum Gasteiger partial charge on any atom is 0.0821 e. The Balaban J connectivity index is 2.08. The van der Waals surface area contributed by atoms with E-state index in [9.17, 15) is 0 Å². The molecular formula is C15H24N4. The third kappa shape index (κ3) is 3.47. The van der Waals surface area contributed by atoms with Crippen LogP contribution in [-0.4, -0.2) is 20.4 Å². The molecule has 0 aromatic carbocycles. The molecule has 2 aromatic rings. The van der Waals surface area contributed by atoms with Crippen molar-refractivity contribution in [3.63, 3.8) is 0 Å². The summed E-state index contributed by atoms with van der Waals surface area (Å²) in [6, 6.07) is 6.96. The van der Waals surface area contributed by atoms with Gasteiger partial charge in [0.15, 0.2) is 0 Å².